The Bertz CT molecular complexity index is 1140. The minimum atomic E-state index is -0.498. The number of carbonyl (C=O) groups is 3. The molecule has 0 aliphatic rings. The molecule has 8 nitrogen and oxygen atoms in total. The van der Waals surface area contributed by atoms with E-state index >= 15 is 0 Å². The Morgan fingerprint density at radius 1 is 0.875 bits per heavy atom. The van der Waals surface area contributed by atoms with Gasteiger partial charge in [-0.15, -0.1) is 0 Å². The second-order valence-electron chi connectivity index (χ2n) is 6.62. The molecule has 32 heavy (non-hydrogen) atoms. The summed E-state index contributed by atoms with van der Waals surface area (Å²) >= 11 is 0. The first kappa shape index (κ1) is 22.2. The quantitative estimate of drug-likeness (QED) is 0.257. The van der Waals surface area contributed by atoms with Gasteiger partial charge in [0.1, 0.15) is 0 Å². The first-order valence-corrected chi connectivity index (χ1v) is 9.62. The predicted octanol–water partition coefficient (Wildman–Crippen LogP) is 3.64. The van der Waals surface area contributed by atoms with Crippen molar-refractivity contribution >= 4 is 29.7 Å². The van der Waals surface area contributed by atoms with Crippen LogP contribution in [0, 0.1) is 0 Å². The molecular formula is C24H21N3O5. The molecule has 0 fully saturated rings. The van der Waals surface area contributed by atoms with E-state index in [0.717, 1.165) is 0 Å². The van der Waals surface area contributed by atoms with E-state index in [4.69, 9.17) is 9.47 Å². The summed E-state index contributed by atoms with van der Waals surface area (Å²) in [6, 6.07) is 19.9. The third kappa shape index (κ3) is 6.02. The van der Waals surface area contributed by atoms with Crippen LogP contribution in [0.25, 0.3) is 0 Å². The predicted molar refractivity (Wildman–Crippen MR) is 120 cm³/mol. The Hall–Kier alpha value is -4.46. The summed E-state index contributed by atoms with van der Waals surface area (Å²) in [7, 11) is 1.46. The Morgan fingerprint density at radius 3 is 2.25 bits per heavy atom. The average molecular weight is 431 g/mol. The molecule has 0 aliphatic carbocycles. The molecular weight excluding hydrogens is 410 g/mol. The number of hydrogen-bond donors (Lipinski definition) is 2. The van der Waals surface area contributed by atoms with Gasteiger partial charge in [-0.1, -0.05) is 18.2 Å². The molecule has 3 aromatic carbocycles. The minimum absolute atomic E-state index is 0.192. The molecule has 0 radical (unpaired) electrons. The lowest BCUT2D eigenvalue weighted by Crippen LogP contribution is -2.17. The largest absolute Gasteiger partial charge is 0.493 e. The number of carbonyl (C=O) groups excluding carboxylic acids is 3. The molecule has 3 rings (SSSR count). The smallest absolute Gasteiger partial charge is 0.343 e. The van der Waals surface area contributed by atoms with E-state index in [9.17, 15) is 14.4 Å². The van der Waals surface area contributed by atoms with Gasteiger partial charge < -0.3 is 14.8 Å². The number of esters is 1. The van der Waals surface area contributed by atoms with Crippen molar-refractivity contribution in [3.05, 3.63) is 89.5 Å². The molecule has 0 aliphatic heterocycles. The maximum Gasteiger partial charge on any atom is 0.343 e. The zero-order valence-corrected chi connectivity index (χ0v) is 17.5. The molecule has 0 bridgehead atoms. The van der Waals surface area contributed by atoms with Crippen LogP contribution in [-0.4, -0.2) is 31.1 Å². The highest BCUT2D eigenvalue weighted by atomic mass is 16.6. The fourth-order valence-electron chi connectivity index (χ4n) is 2.72. The number of rotatable bonds is 7. The molecule has 0 atom stereocenters. The lowest BCUT2D eigenvalue weighted by Gasteiger charge is -2.10. The van der Waals surface area contributed by atoms with Gasteiger partial charge in [-0.25, -0.2) is 10.2 Å². The SMILES string of the molecule is COc1cc(/C=N/NC(=O)c2ccc(NC(C)=O)cc2)ccc1OC(=O)c1ccccc1. The van der Waals surface area contributed by atoms with Crippen LogP contribution in [0.2, 0.25) is 0 Å². The Labute approximate surface area is 184 Å². The van der Waals surface area contributed by atoms with E-state index in [0.29, 0.717) is 28.1 Å². The standard InChI is InChI=1S/C24H21N3O5/c1-16(28)26-20-11-9-18(10-12-20)23(29)27-25-15-17-8-13-21(22(14-17)31-2)32-24(30)19-6-4-3-5-7-19/h3-15H,1-2H3,(H,26,28)(H,27,29)/b25-15+. The van der Waals surface area contributed by atoms with Crippen LogP contribution in [0.3, 0.4) is 0 Å². The lowest BCUT2D eigenvalue weighted by atomic mass is 10.2. The molecule has 8 heteroatoms. The van der Waals surface area contributed by atoms with Crippen molar-refractivity contribution in [3.63, 3.8) is 0 Å². The molecule has 3 aromatic rings. The third-order valence-corrected chi connectivity index (χ3v) is 4.25. The van der Waals surface area contributed by atoms with Crippen LogP contribution >= 0.6 is 0 Å². The minimum Gasteiger partial charge on any atom is -0.493 e. The van der Waals surface area contributed by atoms with Gasteiger partial charge in [-0.2, -0.15) is 5.10 Å². The van der Waals surface area contributed by atoms with Crippen molar-refractivity contribution in [1.82, 2.24) is 5.43 Å². The molecule has 0 saturated heterocycles. The second-order valence-corrected chi connectivity index (χ2v) is 6.62. The maximum atomic E-state index is 12.3. The first-order chi connectivity index (χ1) is 15.5. The maximum absolute atomic E-state index is 12.3. The van der Waals surface area contributed by atoms with E-state index < -0.39 is 11.9 Å². The number of nitrogens with one attached hydrogen (secondary N) is 2. The van der Waals surface area contributed by atoms with E-state index in [1.165, 1.54) is 20.2 Å². The number of methoxy groups -OCH3 is 1. The normalized spacial score (nSPS) is 10.4. The van der Waals surface area contributed by atoms with Crippen molar-refractivity contribution in [2.75, 3.05) is 12.4 Å². The number of benzene rings is 3. The summed E-state index contributed by atoms with van der Waals surface area (Å²) in [5.74, 6) is -0.485. The Kier molecular flexibility index (Phi) is 7.32. The van der Waals surface area contributed by atoms with Crippen molar-refractivity contribution < 1.29 is 23.9 Å². The number of amides is 2. The zero-order valence-electron chi connectivity index (χ0n) is 17.5. The molecule has 2 N–H and O–H groups in total. The Balaban J connectivity index is 1.62. The summed E-state index contributed by atoms with van der Waals surface area (Å²) in [4.78, 5) is 35.5. The van der Waals surface area contributed by atoms with Crippen LogP contribution in [0.5, 0.6) is 11.5 Å². The molecule has 0 unspecified atom stereocenters. The first-order valence-electron chi connectivity index (χ1n) is 9.62. The van der Waals surface area contributed by atoms with Gasteiger partial charge in [0.05, 0.1) is 18.9 Å². The summed E-state index contributed by atoms with van der Waals surface area (Å²) in [6.07, 6.45) is 1.44. The van der Waals surface area contributed by atoms with Crippen LogP contribution < -0.4 is 20.2 Å². The fourth-order valence-corrected chi connectivity index (χ4v) is 2.72. The molecule has 0 saturated carbocycles. The molecule has 0 aromatic heterocycles. The number of hydrogen-bond acceptors (Lipinski definition) is 6. The fraction of sp³-hybridized carbons (Fsp3) is 0.0833. The molecule has 2 amide bonds. The monoisotopic (exact) mass is 431 g/mol. The van der Waals surface area contributed by atoms with E-state index in [-0.39, 0.29) is 11.7 Å². The van der Waals surface area contributed by atoms with Gasteiger partial charge in [0.25, 0.3) is 5.91 Å². The number of hydrazone groups is 1. The van der Waals surface area contributed by atoms with Crippen molar-refractivity contribution in [3.8, 4) is 11.5 Å². The topological polar surface area (TPSA) is 106 Å². The lowest BCUT2D eigenvalue weighted by molar-refractivity contribution is -0.114. The second kappa shape index (κ2) is 10.5. The van der Waals surface area contributed by atoms with Gasteiger partial charge in [-0.3, -0.25) is 9.59 Å². The number of ether oxygens (including phenoxy) is 2. The van der Waals surface area contributed by atoms with Crippen molar-refractivity contribution in [2.24, 2.45) is 5.10 Å². The number of anilines is 1. The molecule has 0 heterocycles. The van der Waals surface area contributed by atoms with Gasteiger partial charge >= 0.3 is 5.97 Å². The zero-order chi connectivity index (χ0) is 22.9. The van der Waals surface area contributed by atoms with Crippen LogP contribution in [0.15, 0.2) is 77.9 Å². The molecule has 0 spiro atoms. The Morgan fingerprint density at radius 2 is 1.59 bits per heavy atom. The van der Waals surface area contributed by atoms with Gasteiger partial charge in [0, 0.05) is 18.2 Å². The third-order valence-electron chi connectivity index (χ3n) is 4.25. The average Bonchev–Trinajstić information content (AvgIpc) is 2.80. The van der Waals surface area contributed by atoms with E-state index in [2.05, 4.69) is 15.8 Å². The summed E-state index contributed by atoms with van der Waals surface area (Å²) in [5, 5.41) is 6.57. The van der Waals surface area contributed by atoms with Crippen LogP contribution in [0.1, 0.15) is 33.2 Å². The highest BCUT2D eigenvalue weighted by molar-refractivity contribution is 5.96. The highest BCUT2D eigenvalue weighted by Gasteiger charge is 2.12. The molecule has 162 valence electrons. The van der Waals surface area contributed by atoms with Crippen molar-refractivity contribution in [1.29, 1.82) is 0 Å². The van der Waals surface area contributed by atoms with E-state index in [1.807, 2.05) is 6.07 Å². The van der Waals surface area contributed by atoms with Crippen molar-refractivity contribution in [2.45, 2.75) is 6.92 Å². The van der Waals surface area contributed by atoms with Crippen LogP contribution in [-0.2, 0) is 4.79 Å². The summed E-state index contributed by atoms with van der Waals surface area (Å²) < 4.78 is 10.7. The summed E-state index contributed by atoms with van der Waals surface area (Å²) in [5.41, 5.74) is 4.46. The van der Waals surface area contributed by atoms with E-state index in [1.54, 1.807) is 66.7 Å². The van der Waals surface area contributed by atoms with Gasteiger partial charge in [0.15, 0.2) is 11.5 Å². The highest BCUT2D eigenvalue weighted by Crippen LogP contribution is 2.28. The number of nitrogens with zero attached hydrogens (tertiary/aromatic N) is 1. The van der Waals surface area contributed by atoms with Gasteiger partial charge in [0.2, 0.25) is 5.91 Å². The van der Waals surface area contributed by atoms with Crippen LogP contribution in [0.4, 0.5) is 5.69 Å². The van der Waals surface area contributed by atoms with Gasteiger partial charge in [-0.05, 0) is 60.2 Å². The summed E-state index contributed by atoms with van der Waals surface area (Å²) in [6.45, 7) is 1.41.